The second-order valence-corrected chi connectivity index (χ2v) is 2.90. The third-order valence-corrected chi connectivity index (χ3v) is 1.82. The lowest BCUT2D eigenvalue weighted by molar-refractivity contribution is -0.107. The summed E-state index contributed by atoms with van der Waals surface area (Å²) in [5.74, 6) is 4.68. The molecule has 0 saturated carbocycles. The molecule has 0 aliphatic heterocycles. The molecule has 1 aromatic carbocycles. The number of benzene rings is 1. The van der Waals surface area contributed by atoms with Gasteiger partial charge in [-0.25, -0.2) is 5.84 Å². The number of hydrazine groups is 1. The van der Waals surface area contributed by atoms with Gasteiger partial charge in [0.2, 0.25) is 0 Å². The molecule has 4 nitrogen and oxygen atoms in total. The molecule has 0 aliphatic rings. The fourth-order valence-corrected chi connectivity index (χ4v) is 1.13. The van der Waals surface area contributed by atoms with E-state index in [9.17, 15) is 9.59 Å². The van der Waals surface area contributed by atoms with E-state index in [1.54, 1.807) is 30.4 Å². The van der Waals surface area contributed by atoms with Crippen LogP contribution in [0.3, 0.4) is 0 Å². The van der Waals surface area contributed by atoms with Gasteiger partial charge in [0.05, 0.1) is 0 Å². The number of carbonyl (C=O) groups excluding carboxylic acids is 2. The predicted molar refractivity (Wildman–Crippen MR) is 57.8 cm³/mol. The zero-order valence-corrected chi connectivity index (χ0v) is 8.14. The highest BCUT2D eigenvalue weighted by Gasteiger charge is 2.01. The third-order valence-electron chi connectivity index (χ3n) is 1.82. The van der Waals surface area contributed by atoms with Crippen LogP contribution in [-0.4, -0.2) is 12.2 Å². The van der Waals surface area contributed by atoms with Crippen LogP contribution in [0.15, 0.2) is 30.3 Å². The summed E-state index contributed by atoms with van der Waals surface area (Å²) in [6, 6.07) is 6.96. The van der Waals surface area contributed by atoms with Crippen molar-refractivity contribution in [2.75, 3.05) is 0 Å². The Morgan fingerprint density at radius 2 is 2.27 bits per heavy atom. The number of nitrogens with one attached hydrogen (secondary N) is 1. The van der Waals surface area contributed by atoms with Gasteiger partial charge in [0.25, 0.3) is 5.91 Å². The Labute approximate surface area is 87.7 Å². The van der Waals surface area contributed by atoms with Crippen molar-refractivity contribution in [3.05, 3.63) is 41.5 Å². The minimum absolute atomic E-state index is 0.333. The summed E-state index contributed by atoms with van der Waals surface area (Å²) < 4.78 is 0. The smallest absolute Gasteiger partial charge is 0.265 e. The van der Waals surface area contributed by atoms with Crippen LogP contribution < -0.4 is 11.3 Å². The Bertz CT molecular complexity index is 386. The molecule has 3 N–H and O–H groups in total. The van der Waals surface area contributed by atoms with Crippen molar-refractivity contribution >= 4 is 18.3 Å². The Morgan fingerprint density at radius 1 is 1.47 bits per heavy atom. The summed E-state index contributed by atoms with van der Waals surface area (Å²) in [6.45, 7) is 0. The van der Waals surface area contributed by atoms with Crippen molar-refractivity contribution < 1.29 is 9.59 Å². The molecule has 1 aromatic rings. The predicted octanol–water partition coefficient (Wildman–Crippen LogP) is 0.892. The number of carbonyl (C=O) groups is 2. The van der Waals surface area contributed by atoms with E-state index in [2.05, 4.69) is 5.43 Å². The van der Waals surface area contributed by atoms with Gasteiger partial charge in [0, 0.05) is 12.0 Å². The molecule has 0 aromatic heterocycles. The summed E-state index contributed by atoms with van der Waals surface area (Å²) in [5.41, 5.74) is 3.41. The Kier molecular flexibility index (Phi) is 4.25. The Morgan fingerprint density at radius 3 is 2.93 bits per heavy atom. The van der Waals surface area contributed by atoms with Crippen molar-refractivity contribution in [3.8, 4) is 0 Å². The van der Waals surface area contributed by atoms with Gasteiger partial charge < -0.3 is 4.79 Å². The average molecular weight is 204 g/mol. The largest absolute Gasteiger partial charge is 0.303 e. The molecule has 0 saturated heterocycles. The highest BCUT2D eigenvalue weighted by Crippen LogP contribution is 2.07. The van der Waals surface area contributed by atoms with E-state index in [1.165, 1.54) is 0 Å². The third kappa shape index (κ3) is 3.36. The summed E-state index contributed by atoms with van der Waals surface area (Å²) in [4.78, 5) is 21.3. The van der Waals surface area contributed by atoms with Crippen LogP contribution in [0.2, 0.25) is 0 Å². The molecule has 0 heterocycles. The second kappa shape index (κ2) is 5.72. The highest BCUT2D eigenvalue weighted by atomic mass is 16.2. The molecule has 1 rings (SSSR count). The van der Waals surface area contributed by atoms with Crippen molar-refractivity contribution in [1.29, 1.82) is 0 Å². The first-order valence-electron chi connectivity index (χ1n) is 4.49. The number of amides is 1. The summed E-state index contributed by atoms with van der Waals surface area (Å²) in [7, 11) is 0. The lowest BCUT2D eigenvalue weighted by Crippen LogP contribution is -2.29. The first kappa shape index (κ1) is 11.1. The van der Waals surface area contributed by atoms with Gasteiger partial charge in [-0.2, -0.15) is 0 Å². The quantitative estimate of drug-likeness (QED) is 0.331. The maximum Gasteiger partial charge on any atom is 0.265 e. The second-order valence-electron chi connectivity index (χ2n) is 2.90. The molecule has 78 valence electrons. The van der Waals surface area contributed by atoms with Crippen molar-refractivity contribution in [1.82, 2.24) is 5.43 Å². The number of nitrogen functional groups attached to an aromatic ring is 1. The first-order chi connectivity index (χ1) is 7.27. The lowest BCUT2D eigenvalue weighted by atomic mass is 10.1. The van der Waals surface area contributed by atoms with Crippen LogP contribution in [0.4, 0.5) is 0 Å². The number of rotatable bonds is 4. The molecule has 0 radical (unpaired) electrons. The van der Waals surface area contributed by atoms with Gasteiger partial charge in [-0.15, -0.1) is 0 Å². The molecular formula is C11H12N2O2. The van der Waals surface area contributed by atoms with Crippen LogP contribution >= 0.6 is 0 Å². The SMILES string of the molecule is NNC(=O)c1cccc(C=CCC=O)c1. The molecule has 0 unspecified atom stereocenters. The minimum atomic E-state index is -0.333. The van der Waals surface area contributed by atoms with Gasteiger partial charge in [0.1, 0.15) is 6.29 Å². The van der Waals surface area contributed by atoms with E-state index in [-0.39, 0.29) is 5.91 Å². The van der Waals surface area contributed by atoms with E-state index in [4.69, 9.17) is 5.84 Å². The summed E-state index contributed by atoms with van der Waals surface area (Å²) in [6.07, 6.45) is 4.69. The van der Waals surface area contributed by atoms with Gasteiger partial charge in [-0.3, -0.25) is 10.2 Å². The number of aldehydes is 1. The molecule has 4 heteroatoms. The standard InChI is InChI=1S/C11H12N2O2/c12-13-11(15)10-6-3-5-9(8-10)4-1-2-7-14/h1,3-8H,2,12H2,(H,13,15). The van der Waals surface area contributed by atoms with Gasteiger partial charge in [0.15, 0.2) is 0 Å². The van der Waals surface area contributed by atoms with Crippen LogP contribution in [0.25, 0.3) is 6.08 Å². The maximum absolute atomic E-state index is 11.2. The van der Waals surface area contributed by atoms with Crippen LogP contribution in [0.5, 0.6) is 0 Å². The molecular weight excluding hydrogens is 192 g/mol. The van der Waals surface area contributed by atoms with Crippen LogP contribution in [-0.2, 0) is 4.79 Å². The molecule has 0 fully saturated rings. The Balaban J connectivity index is 2.82. The molecule has 15 heavy (non-hydrogen) atoms. The van der Waals surface area contributed by atoms with E-state index in [1.807, 2.05) is 6.07 Å². The number of nitrogens with two attached hydrogens (primary N) is 1. The zero-order valence-electron chi connectivity index (χ0n) is 8.14. The highest BCUT2D eigenvalue weighted by molar-refractivity contribution is 5.94. The fraction of sp³-hybridized carbons (Fsp3) is 0.0909. The molecule has 0 bridgehead atoms. The monoisotopic (exact) mass is 204 g/mol. The van der Waals surface area contributed by atoms with Gasteiger partial charge >= 0.3 is 0 Å². The lowest BCUT2D eigenvalue weighted by Gasteiger charge is -2.00. The normalized spacial score (nSPS) is 10.2. The van der Waals surface area contributed by atoms with E-state index >= 15 is 0 Å². The van der Waals surface area contributed by atoms with Gasteiger partial charge in [-0.05, 0) is 17.7 Å². The molecule has 1 amide bonds. The van der Waals surface area contributed by atoms with Crippen molar-refractivity contribution in [2.45, 2.75) is 6.42 Å². The summed E-state index contributed by atoms with van der Waals surface area (Å²) >= 11 is 0. The first-order valence-corrected chi connectivity index (χ1v) is 4.49. The minimum Gasteiger partial charge on any atom is -0.303 e. The zero-order chi connectivity index (χ0) is 11.1. The van der Waals surface area contributed by atoms with Crippen molar-refractivity contribution in [3.63, 3.8) is 0 Å². The molecule has 0 aliphatic carbocycles. The topological polar surface area (TPSA) is 72.2 Å². The van der Waals surface area contributed by atoms with E-state index < -0.39 is 0 Å². The van der Waals surface area contributed by atoms with Gasteiger partial charge in [-0.1, -0.05) is 24.3 Å². The summed E-state index contributed by atoms with van der Waals surface area (Å²) in [5, 5.41) is 0. The average Bonchev–Trinajstić information content (AvgIpc) is 2.29. The van der Waals surface area contributed by atoms with Crippen LogP contribution in [0, 0.1) is 0 Å². The van der Waals surface area contributed by atoms with Crippen LogP contribution in [0.1, 0.15) is 22.3 Å². The van der Waals surface area contributed by atoms with Crippen molar-refractivity contribution in [2.24, 2.45) is 5.84 Å². The number of allylic oxidation sites excluding steroid dienone is 1. The van der Waals surface area contributed by atoms with E-state index in [0.29, 0.717) is 12.0 Å². The molecule has 0 atom stereocenters. The number of hydrogen-bond acceptors (Lipinski definition) is 3. The Hall–Kier alpha value is -1.94. The molecule has 0 spiro atoms. The van der Waals surface area contributed by atoms with E-state index in [0.717, 1.165) is 11.8 Å². The maximum atomic E-state index is 11.2. The number of hydrogen-bond donors (Lipinski definition) is 2. The fourth-order valence-electron chi connectivity index (χ4n) is 1.13.